The van der Waals surface area contributed by atoms with E-state index in [-0.39, 0.29) is 5.91 Å². The molecule has 0 saturated carbocycles. The van der Waals surface area contributed by atoms with Crippen molar-refractivity contribution >= 4 is 17.4 Å². The van der Waals surface area contributed by atoms with E-state index in [0.29, 0.717) is 11.6 Å². The molecule has 8 nitrogen and oxygen atoms in total. The van der Waals surface area contributed by atoms with Crippen LogP contribution in [0, 0.1) is 5.92 Å². The topological polar surface area (TPSA) is 88.8 Å². The number of nitrogens with zero attached hydrogens (tertiary/aromatic N) is 6. The molecule has 138 valence electrons. The van der Waals surface area contributed by atoms with Crippen LogP contribution >= 0.6 is 0 Å². The summed E-state index contributed by atoms with van der Waals surface area (Å²) in [5.41, 5.74) is 1.05. The van der Waals surface area contributed by atoms with E-state index < -0.39 is 0 Å². The highest BCUT2D eigenvalue weighted by Gasteiger charge is 2.21. The van der Waals surface area contributed by atoms with Gasteiger partial charge in [-0.3, -0.25) is 9.48 Å². The number of hydrogen-bond donors (Lipinski definition) is 1. The summed E-state index contributed by atoms with van der Waals surface area (Å²) in [5.74, 6) is 1.14. The van der Waals surface area contributed by atoms with Crippen molar-refractivity contribution in [2.75, 3.05) is 23.3 Å². The zero-order valence-corrected chi connectivity index (χ0v) is 14.9. The van der Waals surface area contributed by atoms with E-state index in [1.54, 1.807) is 12.3 Å². The lowest BCUT2D eigenvalue weighted by atomic mass is 9.97. The van der Waals surface area contributed by atoms with Gasteiger partial charge in [-0.15, -0.1) is 15.3 Å². The van der Waals surface area contributed by atoms with Gasteiger partial charge in [0.25, 0.3) is 5.91 Å². The van der Waals surface area contributed by atoms with Gasteiger partial charge in [-0.1, -0.05) is 23.4 Å². The van der Waals surface area contributed by atoms with E-state index in [9.17, 15) is 4.79 Å². The number of carbonyl (C=O) groups is 1. The Kier molecular flexibility index (Phi) is 5.04. The normalized spacial score (nSPS) is 14.9. The Labute approximate surface area is 157 Å². The van der Waals surface area contributed by atoms with Crippen molar-refractivity contribution in [2.24, 2.45) is 5.92 Å². The lowest BCUT2D eigenvalue weighted by Crippen LogP contribution is -2.35. The molecule has 0 spiro atoms. The summed E-state index contributed by atoms with van der Waals surface area (Å²) in [5, 5.41) is 19.1. The van der Waals surface area contributed by atoms with Crippen molar-refractivity contribution in [3.8, 4) is 0 Å². The fraction of sp³-hybridized carbons (Fsp3) is 0.316. The van der Waals surface area contributed by atoms with E-state index in [4.69, 9.17) is 0 Å². The lowest BCUT2D eigenvalue weighted by molar-refractivity contribution is 0.102. The van der Waals surface area contributed by atoms with Crippen molar-refractivity contribution in [2.45, 2.75) is 19.4 Å². The molecule has 0 radical (unpaired) electrons. The Balaban J connectivity index is 1.32. The molecule has 27 heavy (non-hydrogen) atoms. The van der Waals surface area contributed by atoms with Gasteiger partial charge in [0, 0.05) is 31.5 Å². The van der Waals surface area contributed by atoms with Crippen LogP contribution in [0.5, 0.6) is 0 Å². The molecule has 3 heterocycles. The summed E-state index contributed by atoms with van der Waals surface area (Å²) in [6.45, 7) is 2.74. The molecule has 3 aromatic rings. The molecule has 1 fully saturated rings. The number of nitrogens with one attached hydrogen (secondary N) is 1. The van der Waals surface area contributed by atoms with Crippen molar-refractivity contribution < 1.29 is 4.79 Å². The van der Waals surface area contributed by atoms with E-state index in [1.807, 2.05) is 47.3 Å². The van der Waals surface area contributed by atoms with Gasteiger partial charge in [0.1, 0.15) is 0 Å². The first-order valence-corrected chi connectivity index (χ1v) is 9.07. The molecule has 1 saturated heterocycles. The third-order valence-corrected chi connectivity index (χ3v) is 4.77. The van der Waals surface area contributed by atoms with Gasteiger partial charge in [0.15, 0.2) is 11.5 Å². The fourth-order valence-electron chi connectivity index (χ4n) is 3.27. The van der Waals surface area contributed by atoms with Crippen molar-refractivity contribution in [3.63, 3.8) is 0 Å². The zero-order chi connectivity index (χ0) is 18.5. The maximum absolute atomic E-state index is 12.3. The lowest BCUT2D eigenvalue weighted by Gasteiger charge is -2.32. The highest BCUT2D eigenvalue weighted by atomic mass is 16.1. The monoisotopic (exact) mass is 363 g/mol. The average Bonchev–Trinajstić information content (AvgIpc) is 3.22. The second-order valence-electron chi connectivity index (χ2n) is 6.65. The van der Waals surface area contributed by atoms with Crippen LogP contribution in [-0.4, -0.2) is 44.2 Å². The van der Waals surface area contributed by atoms with Crippen LogP contribution in [-0.2, 0) is 6.54 Å². The number of anilines is 2. The largest absolute Gasteiger partial charge is 0.355 e. The number of piperidine rings is 1. The molecule has 0 unspecified atom stereocenters. The molecule has 0 atom stereocenters. The molecule has 1 aromatic carbocycles. The standard InChI is InChI=1S/C19H21N7O/c27-19(21-16-4-2-1-3-5-16)17-6-7-18(23-22-17)25-11-8-15(9-12-25)14-26-13-10-20-24-26/h1-7,10,13,15H,8-9,11-12,14H2,(H,21,27). The average molecular weight is 363 g/mol. The first-order valence-electron chi connectivity index (χ1n) is 9.07. The quantitative estimate of drug-likeness (QED) is 0.748. The number of rotatable bonds is 5. The smallest absolute Gasteiger partial charge is 0.276 e. The van der Waals surface area contributed by atoms with Gasteiger partial charge in [-0.25, -0.2) is 0 Å². The first-order chi connectivity index (χ1) is 13.3. The van der Waals surface area contributed by atoms with Gasteiger partial charge in [-0.05, 0) is 43.0 Å². The van der Waals surface area contributed by atoms with Crippen LogP contribution in [0.3, 0.4) is 0 Å². The summed E-state index contributed by atoms with van der Waals surface area (Å²) in [4.78, 5) is 14.5. The van der Waals surface area contributed by atoms with Crippen LogP contribution < -0.4 is 10.2 Å². The second-order valence-corrected chi connectivity index (χ2v) is 6.65. The summed E-state index contributed by atoms with van der Waals surface area (Å²) in [6.07, 6.45) is 5.74. The van der Waals surface area contributed by atoms with Crippen molar-refractivity contribution in [1.82, 2.24) is 25.2 Å². The Hall–Kier alpha value is -3.29. The summed E-state index contributed by atoms with van der Waals surface area (Å²) >= 11 is 0. The number of para-hydroxylation sites is 1. The Morgan fingerprint density at radius 2 is 1.89 bits per heavy atom. The van der Waals surface area contributed by atoms with Gasteiger partial charge in [0.2, 0.25) is 0 Å². The van der Waals surface area contributed by atoms with E-state index in [2.05, 4.69) is 30.7 Å². The van der Waals surface area contributed by atoms with Gasteiger partial charge < -0.3 is 10.2 Å². The predicted octanol–water partition coefficient (Wildman–Crippen LogP) is 2.24. The summed E-state index contributed by atoms with van der Waals surface area (Å²) < 4.78 is 1.89. The second kappa shape index (κ2) is 7.94. The molecular weight excluding hydrogens is 342 g/mol. The van der Waals surface area contributed by atoms with Crippen molar-refractivity contribution in [1.29, 1.82) is 0 Å². The molecule has 8 heteroatoms. The minimum Gasteiger partial charge on any atom is -0.355 e. The number of benzene rings is 1. The van der Waals surface area contributed by atoms with Crippen LogP contribution in [0.2, 0.25) is 0 Å². The third kappa shape index (κ3) is 4.28. The predicted molar refractivity (Wildman–Crippen MR) is 101 cm³/mol. The number of amides is 1. The zero-order valence-electron chi connectivity index (χ0n) is 14.9. The molecule has 1 N–H and O–H groups in total. The van der Waals surface area contributed by atoms with E-state index in [0.717, 1.165) is 44.0 Å². The molecule has 0 aliphatic carbocycles. The Bertz CT molecular complexity index is 857. The van der Waals surface area contributed by atoms with E-state index >= 15 is 0 Å². The highest BCUT2D eigenvalue weighted by molar-refractivity contribution is 6.02. The van der Waals surface area contributed by atoms with E-state index in [1.165, 1.54) is 0 Å². The molecule has 2 aromatic heterocycles. The summed E-state index contributed by atoms with van der Waals surface area (Å²) in [7, 11) is 0. The minimum atomic E-state index is -0.258. The van der Waals surface area contributed by atoms with Gasteiger partial charge >= 0.3 is 0 Å². The molecule has 4 rings (SSSR count). The fourth-order valence-corrected chi connectivity index (χ4v) is 3.27. The maximum Gasteiger partial charge on any atom is 0.276 e. The van der Waals surface area contributed by atoms with Crippen LogP contribution in [0.4, 0.5) is 11.5 Å². The number of aromatic nitrogens is 5. The van der Waals surface area contributed by atoms with Gasteiger partial charge in [0.05, 0.1) is 6.20 Å². The van der Waals surface area contributed by atoms with Crippen LogP contribution in [0.1, 0.15) is 23.3 Å². The molecular formula is C19H21N7O. The summed E-state index contributed by atoms with van der Waals surface area (Å²) in [6, 6.07) is 12.9. The van der Waals surface area contributed by atoms with Gasteiger partial charge in [-0.2, -0.15) is 0 Å². The number of carbonyl (C=O) groups excluding carboxylic acids is 1. The number of hydrogen-bond acceptors (Lipinski definition) is 6. The molecule has 1 aliphatic heterocycles. The molecule has 1 amide bonds. The Morgan fingerprint density at radius 3 is 2.56 bits per heavy atom. The minimum absolute atomic E-state index is 0.258. The molecule has 0 bridgehead atoms. The third-order valence-electron chi connectivity index (χ3n) is 4.77. The maximum atomic E-state index is 12.3. The highest BCUT2D eigenvalue weighted by Crippen LogP contribution is 2.22. The first kappa shape index (κ1) is 17.1. The van der Waals surface area contributed by atoms with Crippen LogP contribution in [0.25, 0.3) is 0 Å². The van der Waals surface area contributed by atoms with Crippen LogP contribution in [0.15, 0.2) is 54.9 Å². The SMILES string of the molecule is O=C(Nc1ccccc1)c1ccc(N2CCC(Cn3ccnn3)CC2)nn1. The Morgan fingerprint density at radius 1 is 1.07 bits per heavy atom. The molecule has 1 aliphatic rings. The van der Waals surface area contributed by atoms with Crippen molar-refractivity contribution in [3.05, 3.63) is 60.6 Å².